The number of halogens is 1. The lowest BCUT2D eigenvalue weighted by Gasteiger charge is -2.37. The van der Waals surface area contributed by atoms with Crippen molar-refractivity contribution in [2.24, 2.45) is 16.7 Å². The highest BCUT2D eigenvalue weighted by Crippen LogP contribution is 3.19. The number of ether oxygens (including phenoxy) is 1. The summed E-state index contributed by atoms with van der Waals surface area (Å²) in [6, 6.07) is 13.2. The fraction of sp³-hybridized carbons (Fsp3) is 0.409. The van der Waals surface area contributed by atoms with Crippen LogP contribution in [0.1, 0.15) is 47.7 Å². The van der Waals surface area contributed by atoms with Gasteiger partial charge in [0.05, 0.1) is 5.56 Å². The van der Waals surface area contributed by atoms with Crippen molar-refractivity contribution in [2.45, 2.75) is 38.2 Å². The lowest BCUT2D eigenvalue weighted by atomic mass is 9.66. The lowest BCUT2D eigenvalue weighted by Crippen LogP contribution is -2.32. The van der Waals surface area contributed by atoms with Crippen molar-refractivity contribution in [1.29, 1.82) is 0 Å². The fourth-order valence-electron chi connectivity index (χ4n) is 6.55. The molecule has 0 heterocycles. The highest BCUT2D eigenvalue weighted by atomic mass is 19.1. The van der Waals surface area contributed by atoms with E-state index in [4.69, 9.17) is 4.74 Å². The number of ketones is 1. The normalized spacial score (nSPS) is 37.9. The Hall–Kier alpha value is -2.16. The lowest BCUT2D eigenvalue weighted by molar-refractivity contribution is 0.101. The van der Waals surface area contributed by atoms with Gasteiger partial charge in [0.2, 0.25) is 0 Å². The van der Waals surface area contributed by atoms with Crippen LogP contribution in [0.25, 0.3) is 0 Å². The van der Waals surface area contributed by atoms with E-state index in [2.05, 4.69) is 24.3 Å². The Morgan fingerprint density at radius 2 is 1.96 bits per heavy atom. The van der Waals surface area contributed by atoms with Gasteiger partial charge < -0.3 is 4.74 Å². The van der Waals surface area contributed by atoms with Gasteiger partial charge in [-0.05, 0) is 66.2 Å². The van der Waals surface area contributed by atoms with Crippen molar-refractivity contribution in [3.8, 4) is 5.75 Å². The van der Waals surface area contributed by atoms with Gasteiger partial charge in [-0.25, -0.2) is 4.39 Å². The number of rotatable bonds is 5. The average molecular weight is 334 g/mol. The molecule has 0 N–H and O–H groups in total. The molecule has 4 aliphatic carbocycles. The second-order valence-corrected chi connectivity index (χ2v) is 8.29. The van der Waals surface area contributed by atoms with E-state index in [1.54, 1.807) is 6.07 Å². The second-order valence-electron chi connectivity index (χ2n) is 8.29. The summed E-state index contributed by atoms with van der Waals surface area (Å²) in [6.07, 6.45) is 4.30. The molecule has 0 bridgehead atoms. The van der Waals surface area contributed by atoms with Gasteiger partial charge in [-0.15, -0.1) is 0 Å². The van der Waals surface area contributed by atoms with Gasteiger partial charge in [-0.3, -0.25) is 4.79 Å². The van der Waals surface area contributed by atoms with Gasteiger partial charge >= 0.3 is 0 Å². The topological polar surface area (TPSA) is 26.3 Å². The first-order valence-corrected chi connectivity index (χ1v) is 9.10. The number of hydrogen-bond acceptors (Lipinski definition) is 2. The maximum atomic E-state index is 13.8. The summed E-state index contributed by atoms with van der Waals surface area (Å²) in [5.74, 6) is 0.722. The van der Waals surface area contributed by atoms with Crippen LogP contribution >= 0.6 is 0 Å². The number of carbonyl (C=O) groups is 1. The van der Waals surface area contributed by atoms with E-state index in [0.29, 0.717) is 17.8 Å². The molecule has 0 aromatic heterocycles. The minimum atomic E-state index is -0.527. The third kappa shape index (κ3) is 1.32. The van der Waals surface area contributed by atoms with Crippen molar-refractivity contribution < 1.29 is 13.9 Å². The van der Waals surface area contributed by atoms with Crippen LogP contribution in [0, 0.1) is 22.6 Å². The minimum Gasteiger partial charge on any atom is -0.489 e. The van der Waals surface area contributed by atoms with Crippen LogP contribution in [-0.4, -0.2) is 5.78 Å². The van der Waals surface area contributed by atoms with Crippen LogP contribution in [0.15, 0.2) is 42.5 Å². The van der Waals surface area contributed by atoms with Crippen LogP contribution in [0.3, 0.4) is 0 Å². The van der Waals surface area contributed by atoms with Gasteiger partial charge in [0.15, 0.2) is 5.78 Å². The average Bonchev–Trinajstić information content (AvgIpc) is 3.46. The smallest absolute Gasteiger partial charge is 0.162 e. The molecule has 4 aliphatic rings. The van der Waals surface area contributed by atoms with Gasteiger partial charge in [-0.1, -0.05) is 24.3 Å². The predicted octanol–water partition coefficient (Wildman–Crippen LogP) is 4.66. The van der Waals surface area contributed by atoms with Crippen LogP contribution in [0.2, 0.25) is 0 Å². The zero-order chi connectivity index (χ0) is 17.0. The molecular formula is C22H19FO2. The molecule has 4 unspecified atom stereocenters. The van der Waals surface area contributed by atoms with Gasteiger partial charge in [0.25, 0.3) is 0 Å². The van der Waals surface area contributed by atoms with Crippen molar-refractivity contribution >= 4 is 5.78 Å². The van der Waals surface area contributed by atoms with E-state index >= 15 is 0 Å². The van der Waals surface area contributed by atoms with E-state index in [0.717, 1.165) is 22.3 Å². The molecule has 2 spiro atoms. The summed E-state index contributed by atoms with van der Waals surface area (Å²) in [7, 11) is 0. The standard InChI is InChI=1S/C22H19FO2/c1-13(24)17-7-6-16(10-18(17)23)25-12-14-2-4-15(5-3-14)20-8-9-21(20)19-11-22(19,20)21/h2-7,10,19H,8-9,11-12H2,1H3. The molecule has 4 saturated carbocycles. The maximum Gasteiger partial charge on any atom is 0.162 e. The maximum absolute atomic E-state index is 13.8. The third-order valence-corrected chi connectivity index (χ3v) is 7.80. The van der Waals surface area contributed by atoms with E-state index in [1.165, 1.54) is 43.9 Å². The summed E-state index contributed by atoms with van der Waals surface area (Å²) in [6.45, 7) is 1.77. The van der Waals surface area contributed by atoms with Crippen molar-refractivity contribution in [3.63, 3.8) is 0 Å². The summed E-state index contributed by atoms with van der Waals surface area (Å²) >= 11 is 0. The predicted molar refractivity (Wildman–Crippen MR) is 91.1 cm³/mol. The zero-order valence-corrected chi connectivity index (χ0v) is 14.1. The first-order chi connectivity index (χ1) is 12.1. The second kappa shape index (κ2) is 3.98. The van der Waals surface area contributed by atoms with E-state index in [-0.39, 0.29) is 11.3 Å². The highest BCUT2D eigenvalue weighted by molar-refractivity contribution is 5.94. The molecule has 3 heteroatoms. The van der Waals surface area contributed by atoms with Crippen LogP contribution in [0.4, 0.5) is 4.39 Å². The Morgan fingerprint density at radius 1 is 1.16 bits per heavy atom. The number of benzene rings is 2. The quantitative estimate of drug-likeness (QED) is 0.744. The summed E-state index contributed by atoms with van der Waals surface area (Å²) < 4.78 is 19.5. The van der Waals surface area contributed by atoms with E-state index < -0.39 is 5.82 Å². The van der Waals surface area contributed by atoms with Crippen LogP contribution in [-0.2, 0) is 12.0 Å². The molecule has 2 aromatic carbocycles. The van der Waals surface area contributed by atoms with E-state index in [1.807, 2.05) is 0 Å². The molecule has 0 amide bonds. The summed E-state index contributed by atoms with van der Waals surface area (Å²) in [5, 5.41) is 0. The Bertz CT molecular complexity index is 937. The van der Waals surface area contributed by atoms with Crippen molar-refractivity contribution in [2.75, 3.05) is 0 Å². The highest BCUT2D eigenvalue weighted by Gasteiger charge is 3.16. The number of hydrogen-bond donors (Lipinski definition) is 0. The number of Topliss-reactive ketones (excluding diaryl/α,β-unsaturated/α-hetero) is 1. The molecule has 0 saturated heterocycles. The first kappa shape index (κ1) is 14.1. The molecule has 4 atom stereocenters. The zero-order valence-electron chi connectivity index (χ0n) is 14.1. The van der Waals surface area contributed by atoms with Crippen LogP contribution in [0.5, 0.6) is 5.75 Å². The molecule has 2 aromatic rings. The SMILES string of the molecule is CC(=O)c1ccc(OCc2ccc(C34CCC35C3CC345)cc2)cc1F. The van der Waals surface area contributed by atoms with Gasteiger partial charge in [0, 0.05) is 11.5 Å². The Labute approximate surface area is 146 Å². The Balaban J connectivity index is 1.15. The van der Waals surface area contributed by atoms with Crippen LogP contribution < -0.4 is 4.74 Å². The Morgan fingerprint density at radius 3 is 2.48 bits per heavy atom. The first-order valence-electron chi connectivity index (χ1n) is 9.10. The van der Waals surface area contributed by atoms with Crippen molar-refractivity contribution in [3.05, 3.63) is 65.0 Å². The van der Waals surface area contributed by atoms with E-state index in [9.17, 15) is 9.18 Å². The molecule has 2 nitrogen and oxygen atoms in total. The fourth-order valence-corrected chi connectivity index (χ4v) is 6.55. The molecule has 25 heavy (non-hydrogen) atoms. The summed E-state index contributed by atoms with van der Waals surface area (Å²) in [5.41, 5.74) is 4.75. The Kier molecular flexibility index (Phi) is 2.24. The van der Waals surface area contributed by atoms with Gasteiger partial charge in [0.1, 0.15) is 18.2 Å². The number of carbonyl (C=O) groups excluding carboxylic acids is 1. The summed E-state index contributed by atoms with van der Waals surface area (Å²) in [4.78, 5) is 11.3. The largest absolute Gasteiger partial charge is 0.489 e. The third-order valence-electron chi connectivity index (χ3n) is 7.80. The van der Waals surface area contributed by atoms with Crippen molar-refractivity contribution in [1.82, 2.24) is 0 Å². The molecule has 6 rings (SSSR count). The molecule has 0 aliphatic heterocycles. The monoisotopic (exact) mass is 334 g/mol. The molecule has 4 fully saturated rings. The minimum absolute atomic E-state index is 0.103. The van der Waals surface area contributed by atoms with Gasteiger partial charge in [-0.2, -0.15) is 0 Å². The molecule has 0 radical (unpaired) electrons. The molecule has 126 valence electrons. The molecular weight excluding hydrogens is 315 g/mol.